The molecule has 21 heavy (non-hydrogen) atoms. The summed E-state index contributed by atoms with van der Waals surface area (Å²) in [5.74, 6) is 1.23. The molecule has 0 radical (unpaired) electrons. The number of non-ortho nitro benzene ring substituents is 1. The van der Waals surface area contributed by atoms with Crippen molar-refractivity contribution in [1.29, 1.82) is 0 Å². The quantitative estimate of drug-likeness (QED) is 0.597. The van der Waals surface area contributed by atoms with Crippen molar-refractivity contribution < 1.29 is 9.66 Å². The van der Waals surface area contributed by atoms with E-state index >= 15 is 0 Å². The minimum atomic E-state index is -0.390. The lowest BCUT2D eigenvalue weighted by Crippen LogP contribution is -2.30. The summed E-state index contributed by atoms with van der Waals surface area (Å²) >= 11 is 0. The molecule has 1 aliphatic rings. The van der Waals surface area contributed by atoms with Crippen LogP contribution < -0.4 is 15.4 Å². The Hall–Kier alpha value is -1.82. The summed E-state index contributed by atoms with van der Waals surface area (Å²) < 4.78 is 5.38. The van der Waals surface area contributed by atoms with Gasteiger partial charge in [-0.2, -0.15) is 0 Å². The Kier molecular flexibility index (Phi) is 5.80. The molecule has 1 unspecified atom stereocenters. The van der Waals surface area contributed by atoms with Crippen LogP contribution in [0.15, 0.2) is 18.2 Å². The lowest BCUT2D eigenvalue weighted by Gasteiger charge is -2.22. The Morgan fingerprint density at radius 1 is 1.48 bits per heavy atom. The zero-order chi connectivity index (χ0) is 15.1. The van der Waals surface area contributed by atoms with Crippen LogP contribution in [0, 0.1) is 16.0 Å². The number of nitro benzene ring substituents is 1. The third-order valence-corrected chi connectivity index (χ3v) is 3.69. The first-order chi connectivity index (χ1) is 10.2. The second-order valence-corrected chi connectivity index (χ2v) is 5.33. The number of rotatable bonds is 7. The SMILES string of the molecule is CCOc1cc(NCCC2CCCNC2)cc([N+](=O)[O-])c1. The van der Waals surface area contributed by atoms with E-state index in [0.29, 0.717) is 18.3 Å². The van der Waals surface area contributed by atoms with Gasteiger partial charge in [0.15, 0.2) is 0 Å². The largest absolute Gasteiger partial charge is 0.494 e. The van der Waals surface area contributed by atoms with Crippen LogP contribution in [0.5, 0.6) is 5.75 Å². The molecule has 116 valence electrons. The fourth-order valence-corrected chi connectivity index (χ4v) is 2.63. The van der Waals surface area contributed by atoms with E-state index in [1.165, 1.54) is 18.9 Å². The molecule has 1 aromatic rings. The topological polar surface area (TPSA) is 76.4 Å². The first-order valence-corrected chi connectivity index (χ1v) is 7.56. The minimum Gasteiger partial charge on any atom is -0.494 e. The van der Waals surface area contributed by atoms with Crippen LogP contribution >= 0.6 is 0 Å². The van der Waals surface area contributed by atoms with Crippen molar-refractivity contribution in [3.63, 3.8) is 0 Å². The standard InChI is InChI=1S/C15H23N3O3/c1-2-21-15-9-13(8-14(10-15)18(19)20)17-7-5-12-4-3-6-16-11-12/h8-10,12,16-17H,2-7,11H2,1H3. The fourth-order valence-electron chi connectivity index (χ4n) is 2.63. The molecule has 0 saturated carbocycles. The monoisotopic (exact) mass is 293 g/mol. The number of ether oxygens (including phenoxy) is 1. The number of hydrogen-bond donors (Lipinski definition) is 2. The molecule has 1 aromatic carbocycles. The van der Waals surface area contributed by atoms with Crippen LogP contribution in [-0.2, 0) is 0 Å². The maximum Gasteiger partial charge on any atom is 0.275 e. The molecular weight excluding hydrogens is 270 g/mol. The maximum absolute atomic E-state index is 10.9. The molecule has 1 saturated heterocycles. The first kappa shape index (κ1) is 15.6. The Morgan fingerprint density at radius 2 is 2.33 bits per heavy atom. The lowest BCUT2D eigenvalue weighted by molar-refractivity contribution is -0.384. The lowest BCUT2D eigenvalue weighted by atomic mass is 9.96. The fraction of sp³-hybridized carbons (Fsp3) is 0.600. The van der Waals surface area contributed by atoms with Gasteiger partial charge in [-0.25, -0.2) is 0 Å². The van der Waals surface area contributed by atoms with Gasteiger partial charge in [0.2, 0.25) is 0 Å². The van der Waals surface area contributed by atoms with Crippen LogP contribution in [0.1, 0.15) is 26.2 Å². The molecule has 1 fully saturated rings. The highest BCUT2D eigenvalue weighted by Gasteiger charge is 2.13. The second-order valence-electron chi connectivity index (χ2n) is 5.33. The minimum absolute atomic E-state index is 0.0581. The van der Waals surface area contributed by atoms with Crippen molar-refractivity contribution in [2.24, 2.45) is 5.92 Å². The summed E-state index contributed by atoms with van der Waals surface area (Å²) in [7, 11) is 0. The molecule has 1 heterocycles. The second kappa shape index (κ2) is 7.83. The molecule has 0 bridgehead atoms. The van der Waals surface area contributed by atoms with Crippen molar-refractivity contribution >= 4 is 11.4 Å². The molecule has 0 aromatic heterocycles. The van der Waals surface area contributed by atoms with Crippen molar-refractivity contribution in [3.05, 3.63) is 28.3 Å². The number of benzene rings is 1. The van der Waals surface area contributed by atoms with Gasteiger partial charge in [0.1, 0.15) is 5.75 Å². The van der Waals surface area contributed by atoms with E-state index in [1.807, 2.05) is 13.0 Å². The van der Waals surface area contributed by atoms with Crippen LogP contribution in [0.2, 0.25) is 0 Å². The molecule has 0 aliphatic carbocycles. The van der Waals surface area contributed by atoms with Gasteiger partial charge < -0.3 is 15.4 Å². The molecule has 6 heteroatoms. The summed E-state index contributed by atoms with van der Waals surface area (Å²) in [5.41, 5.74) is 0.805. The van der Waals surface area contributed by atoms with Gasteiger partial charge in [0, 0.05) is 24.4 Å². The number of hydrogen-bond acceptors (Lipinski definition) is 5. The summed E-state index contributed by atoms with van der Waals surface area (Å²) in [6, 6.07) is 4.83. The highest BCUT2D eigenvalue weighted by molar-refractivity contribution is 5.56. The third kappa shape index (κ3) is 4.90. The number of nitrogens with zero attached hydrogens (tertiary/aromatic N) is 1. The van der Waals surface area contributed by atoms with Gasteiger partial charge in [-0.05, 0) is 45.2 Å². The van der Waals surface area contributed by atoms with Crippen molar-refractivity contribution in [2.75, 3.05) is 31.6 Å². The van der Waals surface area contributed by atoms with Crippen LogP contribution in [0.3, 0.4) is 0 Å². The summed E-state index contributed by atoms with van der Waals surface area (Å²) in [6.45, 7) is 5.36. The van der Waals surface area contributed by atoms with E-state index in [-0.39, 0.29) is 5.69 Å². The van der Waals surface area contributed by atoms with Gasteiger partial charge >= 0.3 is 0 Å². The predicted molar refractivity (Wildman–Crippen MR) is 83.0 cm³/mol. The van der Waals surface area contributed by atoms with Gasteiger partial charge in [0.05, 0.1) is 17.6 Å². The van der Waals surface area contributed by atoms with Crippen molar-refractivity contribution in [2.45, 2.75) is 26.2 Å². The zero-order valence-corrected chi connectivity index (χ0v) is 12.4. The molecule has 0 amide bonds. The Labute approximate surface area is 125 Å². The van der Waals surface area contributed by atoms with Crippen molar-refractivity contribution in [1.82, 2.24) is 5.32 Å². The molecule has 1 aliphatic heterocycles. The zero-order valence-electron chi connectivity index (χ0n) is 12.4. The Balaban J connectivity index is 1.92. The van der Waals surface area contributed by atoms with Gasteiger partial charge in [0.25, 0.3) is 5.69 Å². The van der Waals surface area contributed by atoms with E-state index in [1.54, 1.807) is 6.07 Å². The Bertz CT molecular complexity index is 473. The van der Waals surface area contributed by atoms with E-state index in [2.05, 4.69) is 10.6 Å². The van der Waals surface area contributed by atoms with E-state index in [0.717, 1.165) is 31.7 Å². The van der Waals surface area contributed by atoms with E-state index < -0.39 is 4.92 Å². The maximum atomic E-state index is 10.9. The number of nitrogens with one attached hydrogen (secondary N) is 2. The smallest absolute Gasteiger partial charge is 0.275 e. The third-order valence-electron chi connectivity index (χ3n) is 3.69. The first-order valence-electron chi connectivity index (χ1n) is 7.56. The Morgan fingerprint density at radius 3 is 3.00 bits per heavy atom. The average Bonchev–Trinajstić information content (AvgIpc) is 2.48. The highest BCUT2D eigenvalue weighted by atomic mass is 16.6. The average molecular weight is 293 g/mol. The molecule has 1 atom stereocenters. The molecule has 0 spiro atoms. The van der Waals surface area contributed by atoms with Crippen molar-refractivity contribution in [3.8, 4) is 5.75 Å². The predicted octanol–water partition coefficient (Wildman–Crippen LogP) is 2.80. The molecule has 2 rings (SSSR count). The van der Waals surface area contributed by atoms with Crippen LogP contribution in [0.25, 0.3) is 0 Å². The number of anilines is 1. The number of piperidine rings is 1. The normalized spacial score (nSPS) is 18.2. The van der Waals surface area contributed by atoms with Crippen LogP contribution in [0.4, 0.5) is 11.4 Å². The summed E-state index contributed by atoms with van der Waals surface area (Å²) in [6.07, 6.45) is 3.56. The highest BCUT2D eigenvalue weighted by Crippen LogP contribution is 2.26. The van der Waals surface area contributed by atoms with Gasteiger partial charge in [-0.3, -0.25) is 10.1 Å². The summed E-state index contributed by atoms with van der Waals surface area (Å²) in [4.78, 5) is 10.6. The van der Waals surface area contributed by atoms with Gasteiger partial charge in [-0.15, -0.1) is 0 Å². The summed E-state index contributed by atoms with van der Waals surface area (Å²) in [5, 5.41) is 17.6. The van der Waals surface area contributed by atoms with E-state index in [9.17, 15) is 10.1 Å². The van der Waals surface area contributed by atoms with Crippen LogP contribution in [-0.4, -0.2) is 31.2 Å². The van der Waals surface area contributed by atoms with Gasteiger partial charge in [-0.1, -0.05) is 0 Å². The number of nitro groups is 1. The molecular formula is C15H23N3O3. The molecule has 2 N–H and O–H groups in total. The van der Waals surface area contributed by atoms with E-state index in [4.69, 9.17) is 4.74 Å². The molecule has 6 nitrogen and oxygen atoms in total.